The number of benzene rings is 4. The van der Waals surface area contributed by atoms with E-state index in [4.69, 9.17) is 28.9 Å². The maximum Gasteiger partial charge on any atom is 0.297 e. The molecular weight excluding hydrogens is 787 g/mol. The molecule has 0 aromatic heterocycles. The summed E-state index contributed by atoms with van der Waals surface area (Å²) < 4.78 is 135. The lowest BCUT2D eigenvalue weighted by Crippen LogP contribution is -2.04. The molecule has 0 atom stereocenters. The molecule has 27 heteroatoms. The number of fused-ring (bicyclic) bond motifs is 1. The molecule has 0 amide bonds. The second-order valence-electron chi connectivity index (χ2n) is 9.25. The van der Waals surface area contributed by atoms with Crippen LogP contribution in [0.3, 0.4) is 0 Å². The van der Waals surface area contributed by atoms with Gasteiger partial charge < -0.3 is 10.8 Å². The normalized spacial score (nSPS) is 13.1. The molecule has 0 heterocycles. The molecule has 0 unspecified atom stereocenters. The van der Waals surface area contributed by atoms with Crippen molar-refractivity contribution in [2.75, 3.05) is 5.73 Å². The Balaban J connectivity index is 2.05. The minimum absolute atomic E-state index is 0.372. The fourth-order valence-corrected chi connectivity index (χ4v) is 7.29. The van der Waals surface area contributed by atoms with Crippen molar-refractivity contribution in [3.8, 4) is 5.75 Å². The van der Waals surface area contributed by atoms with Crippen molar-refractivity contribution >= 4 is 109 Å². The third-order valence-corrected chi connectivity index (χ3v) is 10.4. The summed E-state index contributed by atoms with van der Waals surface area (Å²) in [5.74, 6) is -1.37. The Morgan fingerprint density at radius 2 is 1.16 bits per heavy atom. The van der Waals surface area contributed by atoms with E-state index in [0.717, 1.165) is 12.1 Å². The van der Waals surface area contributed by atoms with Crippen LogP contribution in [0.2, 0.25) is 10.0 Å². The molecule has 0 aliphatic carbocycles. The van der Waals surface area contributed by atoms with Gasteiger partial charge in [0.25, 0.3) is 46.2 Å². The third kappa shape index (κ3) is 7.75. The molecule has 0 fully saturated rings. The molecule has 0 saturated carbocycles. The first kappa shape index (κ1) is 37.4. The highest BCUT2D eigenvalue weighted by Crippen LogP contribution is 2.49. The van der Waals surface area contributed by atoms with Crippen molar-refractivity contribution < 1.29 is 61.9 Å². The number of nitrogen functional groups attached to an aromatic ring is 1. The monoisotopic (exact) mass is 800 g/mol. The molecule has 0 radical (unpaired) electrons. The van der Waals surface area contributed by atoms with Gasteiger partial charge in [-0.25, -0.2) is 0 Å². The van der Waals surface area contributed by atoms with Gasteiger partial charge in [0, 0.05) is 17.5 Å². The summed E-state index contributed by atoms with van der Waals surface area (Å²) in [5.41, 5.74) is 1.39. The zero-order valence-corrected chi connectivity index (χ0v) is 27.8. The van der Waals surface area contributed by atoms with Crippen LogP contribution in [0, 0.1) is 10.1 Å². The van der Waals surface area contributed by atoms with Crippen molar-refractivity contribution in [3.05, 3.63) is 62.6 Å². The average molecular weight is 802 g/mol. The molecule has 7 N–H and O–H groups in total. The number of nitro groups is 1. The fourth-order valence-electron chi connectivity index (χ4n) is 4.01. The Morgan fingerprint density at radius 1 is 0.633 bits per heavy atom. The second-order valence-corrected chi connectivity index (χ2v) is 15.6. The van der Waals surface area contributed by atoms with Crippen LogP contribution >= 0.6 is 23.2 Å². The molecular formula is C22H14Cl2N6O15S4. The molecule has 0 bridgehead atoms. The minimum atomic E-state index is -5.48. The third-order valence-electron chi connectivity index (χ3n) is 6.11. The highest BCUT2D eigenvalue weighted by Gasteiger charge is 2.29. The van der Waals surface area contributed by atoms with Crippen LogP contribution in [0.25, 0.3) is 10.8 Å². The van der Waals surface area contributed by atoms with Gasteiger partial charge in [-0.15, -0.1) is 20.5 Å². The van der Waals surface area contributed by atoms with Crippen LogP contribution in [-0.2, 0) is 40.5 Å². The summed E-state index contributed by atoms with van der Waals surface area (Å²) in [4.78, 5) is 5.49. The number of phenolic OH excluding ortho intramolecular Hbond substituents is 1. The number of halogens is 2. The van der Waals surface area contributed by atoms with E-state index in [9.17, 15) is 67.1 Å². The standard InChI is InChI=1S/C22H14Cl2N6O15S4/c23-10-6-16(47(37,38)39)11(24)5-13(10)27-28-14-7-15(46(34,35)36)9-4-18(49(43,44)45)21(22(31)19(9)20(14)25)29-26-12-2-1-8(30(32)33)3-17(12)48(40,41)42/h1-7,31H,25H2,(H,34,35,36)(H,37,38,39)(H,40,41,42)(H,43,44,45). The summed E-state index contributed by atoms with van der Waals surface area (Å²) >= 11 is 11.8. The minimum Gasteiger partial charge on any atom is -0.505 e. The average Bonchev–Trinajstić information content (AvgIpc) is 2.95. The van der Waals surface area contributed by atoms with E-state index in [-0.39, 0.29) is 5.69 Å². The van der Waals surface area contributed by atoms with Crippen LogP contribution in [0.4, 0.5) is 34.1 Å². The number of hydrogen-bond donors (Lipinski definition) is 6. The molecule has 260 valence electrons. The number of hydrogen-bond acceptors (Lipinski definition) is 16. The first-order chi connectivity index (χ1) is 22.3. The molecule has 0 spiro atoms. The first-order valence-corrected chi connectivity index (χ1v) is 18.5. The Bertz CT molecular complexity index is 2630. The van der Waals surface area contributed by atoms with Crippen molar-refractivity contribution in [2.24, 2.45) is 20.5 Å². The van der Waals surface area contributed by atoms with Gasteiger partial charge in [-0.2, -0.15) is 33.7 Å². The van der Waals surface area contributed by atoms with Crippen molar-refractivity contribution in [1.29, 1.82) is 0 Å². The number of anilines is 1. The lowest BCUT2D eigenvalue weighted by molar-refractivity contribution is -0.385. The fraction of sp³-hybridized carbons (Fsp3) is 0. The summed E-state index contributed by atoms with van der Waals surface area (Å²) in [6.07, 6.45) is 0. The highest BCUT2D eigenvalue weighted by atomic mass is 35.5. The van der Waals surface area contributed by atoms with Gasteiger partial charge in [-0.1, -0.05) is 23.2 Å². The lowest BCUT2D eigenvalue weighted by atomic mass is 10.0. The molecule has 0 aliphatic rings. The molecule has 0 aliphatic heterocycles. The summed E-state index contributed by atoms with van der Waals surface area (Å²) in [5, 5.41) is 33.7. The summed E-state index contributed by atoms with van der Waals surface area (Å²) in [7, 11) is -20.9. The van der Waals surface area contributed by atoms with E-state index in [1.54, 1.807) is 0 Å². The maximum atomic E-state index is 12.3. The van der Waals surface area contributed by atoms with Crippen LogP contribution in [-0.4, -0.2) is 61.9 Å². The second kappa shape index (κ2) is 12.8. The number of nitrogens with zero attached hydrogens (tertiary/aromatic N) is 5. The Hall–Kier alpha value is -4.44. The number of nitrogens with two attached hydrogens (primary N) is 1. The van der Waals surface area contributed by atoms with Crippen LogP contribution in [0.1, 0.15) is 0 Å². The number of phenols is 1. The van der Waals surface area contributed by atoms with Crippen LogP contribution in [0.5, 0.6) is 5.75 Å². The van der Waals surface area contributed by atoms with E-state index in [2.05, 4.69) is 20.5 Å². The quantitative estimate of drug-likeness (QED) is 0.0418. The Labute approximate surface area is 283 Å². The number of azo groups is 2. The van der Waals surface area contributed by atoms with Gasteiger partial charge in [0.05, 0.1) is 26.0 Å². The van der Waals surface area contributed by atoms with Gasteiger partial charge in [0.15, 0.2) is 5.75 Å². The van der Waals surface area contributed by atoms with E-state index in [1.165, 1.54) is 0 Å². The Morgan fingerprint density at radius 3 is 1.69 bits per heavy atom. The number of aromatic hydroxyl groups is 1. The topological polar surface area (TPSA) is 356 Å². The predicted molar refractivity (Wildman–Crippen MR) is 167 cm³/mol. The molecule has 4 aromatic rings. The predicted octanol–water partition coefficient (Wildman–Crippen LogP) is 5.16. The molecule has 4 rings (SSSR count). The van der Waals surface area contributed by atoms with E-state index >= 15 is 0 Å². The zero-order valence-electron chi connectivity index (χ0n) is 23.1. The molecule has 49 heavy (non-hydrogen) atoms. The van der Waals surface area contributed by atoms with Crippen molar-refractivity contribution in [2.45, 2.75) is 19.6 Å². The SMILES string of the molecule is Nc1c(N=Nc2cc(Cl)c(S(=O)(=O)O)cc2Cl)cc(S(=O)(=O)O)c2cc(S(=O)(=O)O)c(N=Nc3ccc([N+](=O)[O-])cc3S(=O)(=O)O)c(O)c12. The van der Waals surface area contributed by atoms with Gasteiger partial charge in [0.2, 0.25) is 0 Å². The largest absolute Gasteiger partial charge is 0.505 e. The summed E-state index contributed by atoms with van der Waals surface area (Å²) in [6.45, 7) is 0. The van der Waals surface area contributed by atoms with Crippen LogP contribution < -0.4 is 5.73 Å². The van der Waals surface area contributed by atoms with Crippen molar-refractivity contribution in [3.63, 3.8) is 0 Å². The summed E-state index contributed by atoms with van der Waals surface area (Å²) in [6, 6.07) is 4.20. The smallest absolute Gasteiger partial charge is 0.297 e. The molecule has 21 nitrogen and oxygen atoms in total. The number of rotatable bonds is 9. The lowest BCUT2D eigenvalue weighted by Gasteiger charge is -2.14. The Kier molecular flexibility index (Phi) is 9.75. The van der Waals surface area contributed by atoms with Crippen molar-refractivity contribution in [1.82, 2.24) is 0 Å². The zero-order chi connectivity index (χ0) is 37.0. The van der Waals surface area contributed by atoms with Gasteiger partial charge in [0.1, 0.15) is 42.3 Å². The van der Waals surface area contributed by atoms with E-state index in [1.807, 2.05) is 0 Å². The molecule has 4 aromatic carbocycles. The maximum absolute atomic E-state index is 12.3. The van der Waals surface area contributed by atoms with E-state index < -0.39 is 120 Å². The highest BCUT2D eigenvalue weighted by molar-refractivity contribution is 7.86. The van der Waals surface area contributed by atoms with Crippen LogP contribution in [0.15, 0.2) is 82.5 Å². The van der Waals surface area contributed by atoms with Gasteiger partial charge >= 0.3 is 0 Å². The van der Waals surface area contributed by atoms with E-state index in [0.29, 0.717) is 30.3 Å². The first-order valence-electron chi connectivity index (χ1n) is 12.0. The number of nitro benzene ring substituents is 1. The molecule has 0 saturated heterocycles. The van der Waals surface area contributed by atoms with Gasteiger partial charge in [-0.3, -0.25) is 28.3 Å². The van der Waals surface area contributed by atoms with Gasteiger partial charge in [-0.05, 0) is 30.3 Å². The number of non-ortho nitro benzene ring substituents is 1.